The monoisotopic (exact) mass is 339 g/mol. The smallest absolute Gasteiger partial charge is 0.174 e. The minimum atomic E-state index is 0.144. The minimum absolute atomic E-state index is 0.144. The summed E-state index contributed by atoms with van der Waals surface area (Å²) in [4.78, 5) is 12.7. The molecule has 0 fully saturated rings. The van der Waals surface area contributed by atoms with E-state index in [9.17, 15) is 4.79 Å². The van der Waals surface area contributed by atoms with E-state index in [1.165, 1.54) is 11.8 Å². The second-order valence-electron chi connectivity index (χ2n) is 5.89. The molecule has 3 rings (SSSR count). The molecule has 5 heteroatoms. The zero-order valence-electron chi connectivity index (χ0n) is 14.2. The fourth-order valence-electron chi connectivity index (χ4n) is 2.97. The number of ketones is 1. The van der Waals surface area contributed by atoms with Crippen LogP contribution in [0.25, 0.3) is 10.8 Å². The molecule has 4 nitrogen and oxygen atoms in total. The molecule has 2 aromatic heterocycles. The van der Waals surface area contributed by atoms with E-state index in [0.29, 0.717) is 5.75 Å². The Hall–Kier alpha value is -2.14. The Morgan fingerprint density at radius 3 is 2.83 bits per heavy atom. The lowest BCUT2D eigenvalue weighted by atomic mass is 10.2. The zero-order valence-corrected chi connectivity index (χ0v) is 15.1. The maximum atomic E-state index is 12.7. The van der Waals surface area contributed by atoms with Crippen molar-refractivity contribution in [3.63, 3.8) is 0 Å². The van der Waals surface area contributed by atoms with Gasteiger partial charge >= 0.3 is 0 Å². The van der Waals surface area contributed by atoms with E-state index in [2.05, 4.69) is 28.6 Å². The summed E-state index contributed by atoms with van der Waals surface area (Å²) in [5.74, 6) is 0.518. The van der Waals surface area contributed by atoms with Crippen LogP contribution in [-0.4, -0.2) is 26.3 Å². The molecule has 3 aromatic rings. The van der Waals surface area contributed by atoms with Gasteiger partial charge in [-0.2, -0.15) is 5.10 Å². The van der Waals surface area contributed by atoms with Crippen LogP contribution in [0.15, 0.2) is 41.6 Å². The highest BCUT2D eigenvalue weighted by atomic mass is 32.2. The summed E-state index contributed by atoms with van der Waals surface area (Å²) in [7, 11) is 0. The van der Waals surface area contributed by atoms with E-state index in [1.54, 1.807) is 6.20 Å². The molecule has 0 saturated heterocycles. The van der Waals surface area contributed by atoms with Crippen molar-refractivity contribution in [3.8, 4) is 0 Å². The van der Waals surface area contributed by atoms with Crippen LogP contribution in [-0.2, 0) is 6.54 Å². The highest BCUT2D eigenvalue weighted by Crippen LogP contribution is 2.26. The molecule has 0 spiro atoms. The number of nitrogens with zero attached hydrogens (tertiary/aromatic N) is 3. The average molecular weight is 339 g/mol. The van der Waals surface area contributed by atoms with Gasteiger partial charge in [-0.3, -0.25) is 4.79 Å². The Morgan fingerprint density at radius 2 is 2.04 bits per heavy atom. The molecule has 0 unspecified atom stereocenters. The van der Waals surface area contributed by atoms with Crippen molar-refractivity contribution in [1.82, 2.24) is 14.8 Å². The van der Waals surface area contributed by atoms with Gasteiger partial charge in [0.2, 0.25) is 0 Å². The van der Waals surface area contributed by atoms with Gasteiger partial charge in [-0.05, 0) is 26.3 Å². The summed E-state index contributed by atoms with van der Waals surface area (Å²) in [6.45, 7) is 7.18. The average Bonchev–Trinajstić information content (AvgIpc) is 2.88. The molecule has 0 aliphatic heterocycles. The lowest BCUT2D eigenvalue weighted by Gasteiger charge is -2.08. The Labute approximate surface area is 146 Å². The van der Waals surface area contributed by atoms with Gasteiger partial charge < -0.3 is 4.57 Å². The number of hydrogen-bond donors (Lipinski definition) is 0. The number of Topliss-reactive ketones (excluding diaryl/α,β-unsaturated/α-hetero) is 1. The normalized spacial score (nSPS) is 11.1. The summed E-state index contributed by atoms with van der Waals surface area (Å²) in [6.07, 6.45) is 2.81. The Bertz CT molecular complexity index is 880. The molecule has 0 atom stereocenters. The molecule has 0 amide bonds. The molecule has 0 saturated carbocycles. The number of benzene rings is 1. The Balaban J connectivity index is 1.79. The number of carbonyl (C=O) groups excluding carboxylic acids is 1. The molecule has 0 N–H and O–H groups in total. The summed E-state index contributed by atoms with van der Waals surface area (Å²) in [5.41, 5.74) is 3.03. The van der Waals surface area contributed by atoms with Crippen molar-refractivity contribution in [2.75, 3.05) is 5.75 Å². The zero-order chi connectivity index (χ0) is 17.1. The second kappa shape index (κ2) is 7.18. The number of aromatic nitrogens is 3. The van der Waals surface area contributed by atoms with E-state index in [-0.39, 0.29) is 5.78 Å². The number of aryl methyl sites for hydroxylation is 1. The van der Waals surface area contributed by atoms with Gasteiger partial charge in [-0.15, -0.1) is 5.10 Å². The van der Waals surface area contributed by atoms with E-state index < -0.39 is 0 Å². The van der Waals surface area contributed by atoms with E-state index in [0.717, 1.165) is 45.7 Å². The molecule has 0 bridgehead atoms. The highest BCUT2D eigenvalue weighted by molar-refractivity contribution is 8.00. The van der Waals surface area contributed by atoms with Crippen molar-refractivity contribution in [2.45, 2.75) is 38.8 Å². The molecule has 24 heavy (non-hydrogen) atoms. The number of carbonyl (C=O) groups is 1. The van der Waals surface area contributed by atoms with Gasteiger partial charge in [0, 0.05) is 34.3 Å². The predicted molar refractivity (Wildman–Crippen MR) is 98.8 cm³/mol. The third-order valence-corrected chi connectivity index (χ3v) is 5.18. The van der Waals surface area contributed by atoms with Gasteiger partial charge in [0.05, 0.1) is 11.9 Å². The number of fused-ring (bicyclic) bond motifs is 1. The largest absolute Gasteiger partial charge is 0.348 e. The molecular weight excluding hydrogens is 318 g/mol. The van der Waals surface area contributed by atoms with Crippen molar-refractivity contribution in [1.29, 1.82) is 0 Å². The molecule has 124 valence electrons. The van der Waals surface area contributed by atoms with Crippen molar-refractivity contribution in [3.05, 3.63) is 53.5 Å². The van der Waals surface area contributed by atoms with E-state index in [4.69, 9.17) is 0 Å². The van der Waals surface area contributed by atoms with Crippen molar-refractivity contribution >= 4 is 28.3 Å². The Morgan fingerprint density at radius 1 is 1.25 bits per heavy atom. The van der Waals surface area contributed by atoms with Crippen LogP contribution in [0.5, 0.6) is 0 Å². The maximum Gasteiger partial charge on any atom is 0.174 e. The lowest BCUT2D eigenvalue weighted by Crippen LogP contribution is -2.07. The standard InChI is InChI=1S/C19H21N3OS/c1-4-9-22-13(2)10-17(14(22)3)18(23)12-24-19-16-8-6-5-7-15(16)11-20-21-19/h5-8,10-11H,4,9,12H2,1-3H3. The fraction of sp³-hybridized carbons (Fsp3) is 0.316. The van der Waals surface area contributed by atoms with Crippen LogP contribution >= 0.6 is 11.8 Å². The van der Waals surface area contributed by atoms with Gasteiger partial charge in [0.15, 0.2) is 5.78 Å². The molecule has 0 aliphatic rings. The molecule has 0 radical (unpaired) electrons. The van der Waals surface area contributed by atoms with Gasteiger partial charge in [0.25, 0.3) is 0 Å². The van der Waals surface area contributed by atoms with Crippen LogP contribution in [0, 0.1) is 13.8 Å². The first-order valence-corrected chi connectivity index (χ1v) is 9.13. The van der Waals surface area contributed by atoms with Crippen LogP contribution in [0.1, 0.15) is 35.1 Å². The van der Waals surface area contributed by atoms with Crippen LogP contribution in [0.2, 0.25) is 0 Å². The van der Waals surface area contributed by atoms with Gasteiger partial charge in [-0.1, -0.05) is 43.0 Å². The SMILES string of the molecule is CCCn1c(C)cc(C(=O)CSc2nncc3ccccc23)c1C. The van der Waals surface area contributed by atoms with Gasteiger partial charge in [0.1, 0.15) is 5.03 Å². The summed E-state index contributed by atoms with van der Waals surface area (Å²) in [6, 6.07) is 9.99. The fourth-order valence-corrected chi connectivity index (χ4v) is 3.84. The van der Waals surface area contributed by atoms with Crippen molar-refractivity contribution < 1.29 is 4.79 Å². The predicted octanol–water partition coefficient (Wildman–Crippen LogP) is 4.43. The third kappa shape index (κ3) is 3.22. The quantitative estimate of drug-likeness (QED) is 0.492. The lowest BCUT2D eigenvalue weighted by molar-refractivity contribution is 0.102. The minimum Gasteiger partial charge on any atom is -0.348 e. The first kappa shape index (κ1) is 16.7. The number of thioether (sulfide) groups is 1. The summed E-state index contributed by atoms with van der Waals surface area (Å²) >= 11 is 1.46. The number of rotatable bonds is 6. The van der Waals surface area contributed by atoms with Crippen LogP contribution < -0.4 is 0 Å². The molecule has 2 heterocycles. The van der Waals surface area contributed by atoms with Gasteiger partial charge in [-0.25, -0.2) is 0 Å². The van der Waals surface area contributed by atoms with Crippen LogP contribution in [0.4, 0.5) is 0 Å². The third-order valence-electron chi connectivity index (χ3n) is 4.20. The molecule has 0 aliphatic carbocycles. The molecular formula is C19H21N3OS. The van der Waals surface area contributed by atoms with E-state index in [1.807, 2.05) is 37.3 Å². The summed E-state index contributed by atoms with van der Waals surface area (Å²) in [5, 5.41) is 11.1. The number of hydrogen-bond acceptors (Lipinski definition) is 4. The first-order chi connectivity index (χ1) is 11.6. The second-order valence-corrected chi connectivity index (χ2v) is 6.85. The van der Waals surface area contributed by atoms with E-state index >= 15 is 0 Å². The van der Waals surface area contributed by atoms with Crippen LogP contribution in [0.3, 0.4) is 0 Å². The maximum absolute atomic E-state index is 12.7. The first-order valence-electron chi connectivity index (χ1n) is 8.15. The molecule has 1 aromatic carbocycles. The highest BCUT2D eigenvalue weighted by Gasteiger charge is 2.16. The van der Waals surface area contributed by atoms with Crippen molar-refractivity contribution in [2.24, 2.45) is 0 Å². The Kier molecular flexibility index (Phi) is 5.00. The summed E-state index contributed by atoms with van der Waals surface area (Å²) < 4.78 is 2.22. The topological polar surface area (TPSA) is 47.8 Å².